The minimum atomic E-state index is -0.111. The van der Waals surface area contributed by atoms with Gasteiger partial charge in [0.15, 0.2) is 5.82 Å². The average Bonchev–Trinajstić information content (AvgIpc) is 3.29. The maximum absolute atomic E-state index is 13.1. The van der Waals surface area contributed by atoms with E-state index in [1.807, 2.05) is 34.9 Å². The molecule has 0 N–H and O–H groups in total. The van der Waals surface area contributed by atoms with Crippen LogP contribution in [0.1, 0.15) is 81.2 Å². The van der Waals surface area contributed by atoms with Gasteiger partial charge in [-0.05, 0) is 63.5 Å². The van der Waals surface area contributed by atoms with Gasteiger partial charge in [0, 0.05) is 49.1 Å². The van der Waals surface area contributed by atoms with Gasteiger partial charge in [0.25, 0.3) is 0 Å². The zero-order valence-corrected chi connectivity index (χ0v) is 20.1. The van der Waals surface area contributed by atoms with Crippen molar-refractivity contribution < 1.29 is 9.59 Å². The molecular weight excluding hydrogens is 414 g/mol. The molecule has 0 unspecified atom stereocenters. The number of pyridine rings is 1. The summed E-state index contributed by atoms with van der Waals surface area (Å²) in [6.07, 6.45) is 7.82. The molecule has 33 heavy (non-hydrogen) atoms. The molecule has 1 atom stereocenters. The van der Waals surface area contributed by atoms with Crippen molar-refractivity contribution in [1.29, 1.82) is 0 Å². The minimum absolute atomic E-state index is 0.111. The number of anilines is 1. The van der Waals surface area contributed by atoms with E-state index < -0.39 is 0 Å². The first-order valence-corrected chi connectivity index (χ1v) is 12.3. The van der Waals surface area contributed by atoms with E-state index in [1.54, 1.807) is 6.20 Å². The van der Waals surface area contributed by atoms with Crippen LogP contribution in [0.3, 0.4) is 0 Å². The lowest BCUT2D eigenvalue weighted by atomic mass is 10.0. The number of hydrogen-bond donors (Lipinski definition) is 0. The van der Waals surface area contributed by atoms with Crippen molar-refractivity contribution in [3.05, 3.63) is 47.2 Å². The third kappa shape index (κ3) is 5.40. The fraction of sp³-hybridized carbons (Fsp3) is 0.577. The highest BCUT2D eigenvalue weighted by molar-refractivity contribution is 5.95. The average molecular weight is 450 g/mol. The Hall–Kier alpha value is -2.83. The summed E-state index contributed by atoms with van der Waals surface area (Å²) in [6.45, 7) is 7.76. The van der Waals surface area contributed by atoms with Crippen LogP contribution in [0.4, 0.5) is 5.82 Å². The highest BCUT2D eigenvalue weighted by Crippen LogP contribution is 2.35. The molecule has 2 aromatic heterocycles. The summed E-state index contributed by atoms with van der Waals surface area (Å²) in [4.78, 5) is 43.7. The van der Waals surface area contributed by atoms with Crippen LogP contribution in [-0.4, -0.2) is 44.8 Å². The van der Waals surface area contributed by atoms with Crippen molar-refractivity contribution >= 4 is 17.6 Å². The Balaban J connectivity index is 1.50. The molecule has 0 aliphatic carbocycles. The van der Waals surface area contributed by atoms with Crippen LogP contribution in [0.2, 0.25) is 0 Å². The summed E-state index contributed by atoms with van der Waals surface area (Å²) in [5, 5.41) is 0. The Morgan fingerprint density at radius 3 is 2.82 bits per heavy atom. The molecule has 1 fully saturated rings. The van der Waals surface area contributed by atoms with Crippen LogP contribution in [0.5, 0.6) is 0 Å². The quantitative estimate of drug-likeness (QED) is 0.604. The maximum Gasteiger partial charge on any atom is 0.228 e. The molecule has 7 nitrogen and oxygen atoms in total. The zero-order valence-electron chi connectivity index (χ0n) is 20.1. The van der Waals surface area contributed by atoms with E-state index in [9.17, 15) is 9.59 Å². The number of fused-ring (bicyclic) bond motifs is 1. The Bertz CT molecular complexity index is 992. The number of aryl methyl sites for hydroxylation is 2. The number of rotatable bonds is 8. The Kier molecular flexibility index (Phi) is 7.36. The third-order valence-corrected chi connectivity index (χ3v) is 6.71. The predicted octanol–water partition coefficient (Wildman–Crippen LogP) is 4.19. The second kappa shape index (κ2) is 10.4. The summed E-state index contributed by atoms with van der Waals surface area (Å²) < 4.78 is 0. The first-order valence-electron chi connectivity index (χ1n) is 12.3. The predicted molar refractivity (Wildman–Crippen MR) is 128 cm³/mol. The lowest BCUT2D eigenvalue weighted by molar-refractivity contribution is -0.132. The van der Waals surface area contributed by atoms with Gasteiger partial charge in [-0.1, -0.05) is 19.9 Å². The minimum Gasteiger partial charge on any atom is -0.332 e. The molecule has 2 aliphatic heterocycles. The van der Waals surface area contributed by atoms with Gasteiger partial charge in [-0.2, -0.15) is 0 Å². The maximum atomic E-state index is 13.1. The normalized spacial score (nSPS) is 18.2. The van der Waals surface area contributed by atoms with Crippen molar-refractivity contribution in [2.45, 2.75) is 78.2 Å². The largest absolute Gasteiger partial charge is 0.332 e. The number of aromatic nitrogens is 3. The highest BCUT2D eigenvalue weighted by Gasteiger charge is 2.34. The highest BCUT2D eigenvalue weighted by atomic mass is 16.2. The summed E-state index contributed by atoms with van der Waals surface area (Å²) in [7, 11) is 0. The number of nitrogens with zero attached hydrogens (tertiary/aromatic N) is 5. The number of hydrogen-bond acceptors (Lipinski definition) is 5. The molecule has 2 aliphatic rings. The van der Waals surface area contributed by atoms with E-state index >= 15 is 0 Å². The molecule has 7 heteroatoms. The van der Waals surface area contributed by atoms with E-state index in [2.05, 4.69) is 18.8 Å². The van der Waals surface area contributed by atoms with Gasteiger partial charge in [0.2, 0.25) is 11.8 Å². The number of carbonyl (C=O) groups is 2. The lowest BCUT2D eigenvalue weighted by Gasteiger charge is -2.31. The van der Waals surface area contributed by atoms with Crippen molar-refractivity contribution in [2.24, 2.45) is 5.92 Å². The molecule has 0 spiro atoms. The van der Waals surface area contributed by atoms with Crippen LogP contribution in [-0.2, 0) is 22.4 Å². The Morgan fingerprint density at radius 2 is 2.06 bits per heavy atom. The second-order valence-corrected chi connectivity index (χ2v) is 9.62. The molecular formula is C26H35N5O2. The molecule has 0 bridgehead atoms. The molecule has 2 aromatic rings. The van der Waals surface area contributed by atoms with E-state index in [1.165, 1.54) is 0 Å². The van der Waals surface area contributed by atoms with Crippen LogP contribution in [0, 0.1) is 12.8 Å². The molecule has 1 saturated heterocycles. The van der Waals surface area contributed by atoms with Gasteiger partial charge in [0.1, 0.15) is 5.82 Å². The smallest absolute Gasteiger partial charge is 0.228 e. The topological polar surface area (TPSA) is 79.3 Å². The van der Waals surface area contributed by atoms with Crippen molar-refractivity contribution in [2.75, 3.05) is 18.0 Å². The third-order valence-electron chi connectivity index (χ3n) is 6.71. The Morgan fingerprint density at radius 1 is 1.21 bits per heavy atom. The van der Waals surface area contributed by atoms with E-state index in [4.69, 9.17) is 9.97 Å². The van der Waals surface area contributed by atoms with Gasteiger partial charge in [-0.3, -0.25) is 19.5 Å². The summed E-state index contributed by atoms with van der Waals surface area (Å²) in [5.74, 6) is 2.26. The number of carbonyl (C=O) groups excluding carboxylic acids is 2. The van der Waals surface area contributed by atoms with Gasteiger partial charge in [-0.25, -0.2) is 9.97 Å². The fourth-order valence-corrected chi connectivity index (χ4v) is 4.81. The standard InChI is InChI=1S/C26H35N5O2/c1-18(2)14-17-31-24(33)13-12-21-19(3)28-25(29-26(21)31)22-10-7-16-30(22)23(32)11-6-9-20-8-4-5-15-27-20/h4-5,8,15,18,22H,6-7,9-14,16-17H2,1-3H3/t22-/m1/s1. The molecule has 0 aromatic carbocycles. The monoisotopic (exact) mass is 449 g/mol. The molecule has 4 heterocycles. The van der Waals surface area contributed by atoms with Gasteiger partial charge >= 0.3 is 0 Å². The van der Waals surface area contributed by atoms with E-state index in [0.717, 1.165) is 61.4 Å². The van der Waals surface area contributed by atoms with Crippen molar-refractivity contribution in [3.8, 4) is 0 Å². The summed E-state index contributed by atoms with van der Waals surface area (Å²) in [5.41, 5.74) is 3.03. The fourth-order valence-electron chi connectivity index (χ4n) is 4.81. The van der Waals surface area contributed by atoms with Crippen LogP contribution in [0.25, 0.3) is 0 Å². The van der Waals surface area contributed by atoms with Crippen molar-refractivity contribution in [1.82, 2.24) is 19.9 Å². The first-order chi connectivity index (χ1) is 15.9. The summed E-state index contributed by atoms with van der Waals surface area (Å²) >= 11 is 0. The Labute approximate surface area is 196 Å². The molecule has 2 amide bonds. The van der Waals surface area contributed by atoms with Crippen molar-refractivity contribution in [3.63, 3.8) is 0 Å². The van der Waals surface area contributed by atoms with Crippen LogP contribution in [0.15, 0.2) is 24.4 Å². The van der Waals surface area contributed by atoms with E-state index in [-0.39, 0.29) is 17.9 Å². The lowest BCUT2D eigenvalue weighted by Crippen LogP contribution is -2.38. The number of amides is 2. The first kappa shape index (κ1) is 23.3. The SMILES string of the molecule is Cc1nc([C@H]2CCCN2C(=O)CCCc2ccccn2)nc2c1CCC(=O)N2CCC(C)C. The second-order valence-electron chi connectivity index (χ2n) is 9.62. The molecule has 0 saturated carbocycles. The van der Waals surface area contributed by atoms with Gasteiger partial charge in [0.05, 0.1) is 6.04 Å². The van der Waals surface area contributed by atoms with E-state index in [0.29, 0.717) is 37.5 Å². The molecule has 0 radical (unpaired) electrons. The van der Waals surface area contributed by atoms with Gasteiger partial charge < -0.3 is 4.90 Å². The molecule has 4 rings (SSSR count). The van der Waals surface area contributed by atoms with Crippen LogP contribution < -0.4 is 4.90 Å². The summed E-state index contributed by atoms with van der Waals surface area (Å²) in [6, 6.07) is 5.77. The zero-order chi connectivity index (χ0) is 23.4. The van der Waals surface area contributed by atoms with Crippen LogP contribution >= 0.6 is 0 Å². The number of likely N-dealkylation sites (tertiary alicyclic amines) is 1. The molecule has 176 valence electrons. The van der Waals surface area contributed by atoms with Gasteiger partial charge in [-0.15, -0.1) is 0 Å².